The van der Waals surface area contributed by atoms with Gasteiger partial charge in [0, 0.05) is 22.9 Å². The van der Waals surface area contributed by atoms with Gasteiger partial charge in [-0.1, -0.05) is 18.2 Å². The maximum Gasteiger partial charge on any atom is 0.356 e. The number of nitrogens with zero attached hydrogens (tertiary/aromatic N) is 2. The Bertz CT molecular complexity index is 1770. The molecule has 3 N–H and O–H groups in total. The number of rotatable bonds is 9. The molecule has 1 heterocycles. The van der Waals surface area contributed by atoms with E-state index in [1.165, 1.54) is 48.0 Å². The smallest absolute Gasteiger partial charge is 0.356 e. The van der Waals surface area contributed by atoms with Gasteiger partial charge in [-0.3, -0.25) is 4.79 Å². The number of aromatic nitrogens is 2. The van der Waals surface area contributed by atoms with Crippen LogP contribution in [0.15, 0.2) is 65.6 Å². The molecule has 1 amide bonds. The summed E-state index contributed by atoms with van der Waals surface area (Å²) in [6.07, 6.45) is 0. The maximum atomic E-state index is 13.6. The molecule has 0 aliphatic carbocycles. The molecule has 0 saturated heterocycles. The molecular weight excluding hydrogens is 551 g/mol. The largest absolute Gasteiger partial charge is 0.476 e. The molecular formula is C29H29FN4O6S. The predicted octanol–water partition coefficient (Wildman–Crippen LogP) is 5.37. The fraction of sp³-hybridized carbons (Fsp3) is 0.207. The number of carboxylic acid groups (broad SMARTS) is 1. The van der Waals surface area contributed by atoms with Gasteiger partial charge in [0.25, 0.3) is 5.91 Å². The second kappa shape index (κ2) is 11.5. The first-order valence-corrected chi connectivity index (χ1v) is 14.1. The second-order valence-corrected chi connectivity index (χ2v) is 11.5. The number of carboxylic acids is 1. The van der Waals surface area contributed by atoms with E-state index < -0.39 is 33.8 Å². The number of sulfonamides is 1. The van der Waals surface area contributed by atoms with Crippen LogP contribution in [0.1, 0.15) is 51.4 Å². The van der Waals surface area contributed by atoms with Crippen LogP contribution in [0.3, 0.4) is 0 Å². The van der Waals surface area contributed by atoms with E-state index in [1.807, 2.05) is 32.0 Å². The minimum atomic E-state index is -4.19. The van der Waals surface area contributed by atoms with Gasteiger partial charge in [0.2, 0.25) is 15.9 Å². The van der Waals surface area contributed by atoms with E-state index in [-0.39, 0.29) is 39.0 Å². The van der Waals surface area contributed by atoms with Gasteiger partial charge in [0.05, 0.1) is 5.69 Å². The summed E-state index contributed by atoms with van der Waals surface area (Å²) in [4.78, 5) is 24.4. The molecule has 214 valence electrons. The van der Waals surface area contributed by atoms with Gasteiger partial charge in [0.15, 0.2) is 5.69 Å². The summed E-state index contributed by atoms with van der Waals surface area (Å²) in [5.74, 6) is -2.64. The molecule has 0 unspecified atom stereocenters. The van der Waals surface area contributed by atoms with Crippen LogP contribution in [0.4, 0.5) is 10.1 Å². The Labute approximate surface area is 236 Å². The molecule has 3 aromatic carbocycles. The summed E-state index contributed by atoms with van der Waals surface area (Å²) < 4.78 is 50.4. The summed E-state index contributed by atoms with van der Waals surface area (Å²) >= 11 is 0. The van der Waals surface area contributed by atoms with Crippen LogP contribution < -0.4 is 14.8 Å². The van der Waals surface area contributed by atoms with Crippen molar-refractivity contribution in [3.8, 4) is 17.3 Å². The minimum Gasteiger partial charge on any atom is -0.476 e. The average molecular weight is 581 g/mol. The zero-order chi connectivity index (χ0) is 30.1. The van der Waals surface area contributed by atoms with Gasteiger partial charge in [-0.25, -0.2) is 22.3 Å². The molecule has 4 aromatic rings. The number of carbonyl (C=O) groups excluding carboxylic acids is 1. The predicted molar refractivity (Wildman–Crippen MR) is 151 cm³/mol. The van der Waals surface area contributed by atoms with Gasteiger partial charge in [0.1, 0.15) is 16.5 Å². The molecule has 0 aliphatic heterocycles. The van der Waals surface area contributed by atoms with Gasteiger partial charge < -0.3 is 15.2 Å². The SMILES string of the molecule is Cc1ccc(C)c(-n2nc(C(=O)O)c(C)c2Oc2ccc(NC(=O)c3cccc(F)c3)cc2S(=O)(=O)NC(C)C)c1. The van der Waals surface area contributed by atoms with Crippen LogP contribution in [-0.2, 0) is 10.0 Å². The first kappa shape index (κ1) is 29.4. The lowest BCUT2D eigenvalue weighted by atomic mass is 10.1. The lowest BCUT2D eigenvalue weighted by molar-refractivity contribution is 0.0689. The number of aromatic carboxylic acids is 1. The minimum absolute atomic E-state index is 0.00800. The molecule has 0 spiro atoms. The number of halogens is 1. The van der Waals surface area contributed by atoms with Crippen LogP contribution in [0.2, 0.25) is 0 Å². The Balaban J connectivity index is 1.84. The number of hydrogen-bond acceptors (Lipinski definition) is 6. The summed E-state index contributed by atoms with van der Waals surface area (Å²) in [6.45, 7) is 8.51. The van der Waals surface area contributed by atoms with Crippen molar-refractivity contribution >= 4 is 27.6 Å². The monoisotopic (exact) mass is 580 g/mol. The van der Waals surface area contributed by atoms with Crippen molar-refractivity contribution in [3.63, 3.8) is 0 Å². The molecule has 10 nitrogen and oxygen atoms in total. The Morgan fingerprint density at radius 3 is 2.41 bits per heavy atom. The van der Waals surface area contributed by atoms with Crippen LogP contribution in [0.5, 0.6) is 11.6 Å². The van der Waals surface area contributed by atoms with Crippen LogP contribution in [0, 0.1) is 26.6 Å². The molecule has 12 heteroatoms. The topological polar surface area (TPSA) is 140 Å². The van der Waals surface area contributed by atoms with Crippen LogP contribution >= 0.6 is 0 Å². The zero-order valence-corrected chi connectivity index (χ0v) is 23.8. The van der Waals surface area contributed by atoms with E-state index in [2.05, 4.69) is 15.1 Å². The van der Waals surface area contributed by atoms with Gasteiger partial charge in [-0.2, -0.15) is 9.78 Å². The zero-order valence-electron chi connectivity index (χ0n) is 23.0. The number of ether oxygens (including phenoxy) is 1. The molecule has 4 rings (SSSR count). The molecule has 41 heavy (non-hydrogen) atoms. The Morgan fingerprint density at radius 2 is 1.76 bits per heavy atom. The molecule has 0 radical (unpaired) electrons. The number of carbonyl (C=O) groups is 2. The second-order valence-electron chi connectivity index (χ2n) is 9.79. The highest BCUT2D eigenvalue weighted by Gasteiger charge is 2.27. The number of anilines is 1. The lowest BCUT2D eigenvalue weighted by Crippen LogP contribution is -2.30. The third-order valence-corrected chi connectivity index (χ3v) is 7.72. The lowest BCUT2D eigenvalue weighted by Gasteiger charge is -2.17. The van der Waals surface area contributed by atoms with E-state index in [9.17, 15) is 27.5 Å². The Hall–Kier alpha value is -4.55. The summed E-state index contributed by atoms with van der Waals surface area (Å²) in [5.41, 5.74) is 2.31. The number of nitrogens with one attached hydrogen (secondary N) is 2. The number of hydrogen-bond donors (Lipinski definition) is 3. The van der Waals surface area contributed by atoms with E-state index in [4.69, 9.17) is 4.74 Å². The highest BCUT2D eigenvalue weighted by atomic mass is 32.2. The molecule has 0 bridgehead atoms. The van der Waals surface area contributed by atoms with E-state index >= 15 is 0 Å². The Kier molecular flexibility index (Phi) is 8.27. The fourth-order valence-corrected chi connectivity index (χ4v) is 5.51. The van der Waals surface area contributed by atoms with Crippen molar-refractivity contribution in [2.24, 2.45) is 0 Å². The molecule has 0 aliphatic rings. The number of amides is 1. The fourth-order valence-electron chi connectivity index (χ4n) is 4.11. The maximum absolute atomic E-state index is 13.6. The van der Waals surface area contributed by atoms with E-state index in [1.54, 1.807) is 13.8 Å². The van der Waals surface area contributed by atoms with Gasteiger partial charge >= 0.3 is 5.97 Å². The quantitative estimate of drug-likeness (QED) is 0.242. The van der Waals surface area contributed by atoms with Crippen LogP contribution in [0.25, 0.3) is 5.69 Å². The first-order valence-electron chi connectivity index (χ1n) is 12.6. The third kappa shape index (κ3) is 6.44. The average Bonchev–Trinajstić information content (AvgIpc) is 3.21. The van der Waals surface area contributed by atoms with Gasteiger partial charge in [-0.05, 0) is 88.2 Å². The van der Waals surface area contributed by atoms with E-state index in [0.717, 1.165) is 17.2 Å². The molecule has 0 saturated carbocycles. The third-order valence-electron chi connectivity index (χ3n) is 6.04. The standard InChI is InChI=1S/C29H29FN4O6S/c1-16(2)33-41(38,39)25-15-22(31-27(35)20-7-6-8-21(30)14-20)11-12-24(25)40-28-19(5)26(29(36)37)32-34(28)23-13-17(3)9-10-18(23)4/h6-16,33H,1-5H3,(H,31,35)(H,36,37). The van der Waals surface area contributed by atoms with Crippen LogP contribution in [-0.4, -0.2) is 41.2 Å². The molecule has 0 atom stereocenters. The van der Waals surface area contributed by atoms with Crippen molar-refractivity contribution in [1.29, 1.82) is 0 Å². The van der Waals surface area contributed by atoms with Crippen molar-refractivity contribution in [2.75, 3.05) is 5.32 Å². The molecule has 0 fully saturated rings. The number of benzene rings is 3. The van der Waals surface area contributed by atoms with Crippen molar-refractivity contribution in [2.45, 2.75) is 45.6 Å². The first-order chi connectivity index (χ1) is 19.3. The Morgan fingerprint density at radius 1 is 1.02 bits per heavy atom. The number of aryl methyl sites for hydroxylation is 2. The summed E-state index contributed by atoms with van der Waals surface area (Å²) in [5, 5.41) is 16.6. The summed E-state index contributed by atoms with van der Waals surface area (Å²) in [6, 6.07) is 14.1. The highest BCUT2D eigenvalue weighted by molar-refractivity contribution is 7.89. The van der Waals surface area contributed by atoms with Gasteiger partial charge in [-0.15, -0.1) is 0 Å². The normalized spacial score (nSPS) is 11.5. The highest BCUT2D eigenvalue weighted by Crippen LogP contribution is 2.36. The summed E-state index contributed by atoms with van der Waals surface area (Å²) in [7, 11) is -4.19. The van der Waals surface area contributed by atoms with Crippen molar-refractivity contribution in [1.82, 2.24) is 14.5 Å². The van der Waals surface area contributed by atoms with E-state index in [0.29, 0.717) is 5.69 Å². The van der Waals surface area contributed by atoms with Crippen molar-refractivity contribution in [3.05, 3.63) is 94.4 Å². The molecule has 1 aromatic heterocycles. The van der Waals surface area contributed by atoms with Crippen molar-refractivity contribution < 1.29 is 32.2 Å².